The van der Waals surface area contributed by atoms with E-state index in [1.165, 1.54) is 40.8 Å². The van der Waals surface area contributed by atoms with Gasteiger partial charge >= 0.3 is 0 Å². The largest absolute Gasteiger partial charge is 0.493 e. The lowest BCUT2D eigenvalue weighted by Gasteiger charge is -2.16. The summed E-state index contributed by atoms with van der Waals surface area (Å²) in [6, 6.07) is 4.58. The van der Waals surface area contributed by atoms with Crippen LogP contribution in [0.4, 0.5) is 0 Å². The Morgan fingerprint density at radius 2 is 1.39 bits per heavy atom. The Bertz CT molecular complexity index is 1110. The van der Waals surface area contributed by atoms with Crippen molar-refractivity contribution in [2.75, 3.05) is 42.0 Å². The Kier molecular flexibility index (Phi) is 6.73. The quantitative estimate of drug-likeness (QED) is 0.484. The molecule has 0 saturated carbocycles. The number of aliphatic hydroxyl groups is 2. The molecule has 10 nitrogen and oxygen atoms in total. The van der Waals surface area contributed by atoms with Crippen molar-refractivity contribution in [2.45, 2.75) is 0 Å². The van der Waals surface area contributed by atoms with E-state index in [1.54, 1.807) is 12.1 Å². The lowest BCUT2D eigenvalue weighted by Crippen LogP contribution is -2.10. The molecule has 0 aliphatic rings. The van der Waals surface area contributed by atoms with Crippen molar-refractivity contribution in [3.8, 4) is 45.6 Å². The van der Waals surface area contributed by atoms with E-state index in [-0.39, 0.29) is 33.8 Å². The van der Waals surface area contributed by atoms with Gasteiger partial charge in [-0.1, -0.05) is 0 Å². The predicted molar refractivity (Wildman–Crippen MR) is 110 cm³/mol. The number of aliphatic hydroxyl groups excluding tert-OH is 2. The second-order valence-corrected chi connectivity index (χ2v) is 6.05. The molecule has 166 valence electrons. The molecule has 2 N–H and O–H groups in total. The van der Waals surface area contributed by atoms with Crippen molar-refractivity contribution in [2.24, 2.45) is 0 Å². The first-order chi connectivity index (χ1) is 15.0. The van der Waals surface area contributed by atoms with Crippen LogP contribution in [-0.2, 0) is 0 Å². The van der Waals surface area contributed by atoms with Crippen LogP contribution in [0.2, 0.25) is 0 Å². The fourth-order valence-corrected chi connectivity index (χ4v) is 3.22. The minimum Gasteiger partial charge on any atom is -0.493 e. The molecule has 0 unspecified atom stereocenters. The third-order valence-electron chi connectivity index (χ3n) is 4.55. The molecule has 10 heteroatoms. The maximum absolute atomic E-state index is 13.4. The van der Waals surface area contributed by atoms with Gasteiger partial charge in [0.25, 0.3) is 0 Å². The average Bonchev–Trinajstić information content (AvgIpc) is 2.79. The van der Waals surface area contributed by atoms with Crippen LogP contribution >= 0.6 is 0 Å². The summed E-state index contributed by atoms with van der Waals surface area (Å²) in [4.78, 5) is 13.4. The van der Waals surface area contributed by atoms with Crippen molar-refractivity contribution in [1.29, 1.82) is 0 Å². The topological polar surface area (TPSA) is 126 Å². The first-order valence-electron chi connectivity index (χ1n) is 8.98. The second-order valence-electron chi connectivity index (χ2n) is 6.05. The highest BCUT2D eigenvalue weighted by Gasteiger charge is 2.24. The summed E-state index contributed by atoms with van der Waals surface area (Å²) in [6.07, 6.45) is 1.28. The molecule has 0 atom stereocenters. The van der Waals surface area contributed by atoms with E-state index in [9.17, 15) is 9.90 Å². The molecule has 0 fully saturated rings. The van der Waals surface area contributed by atoms with E-state index < -0.39 is 19.0 Å². The number of benzene rings is 2. The average molecular weight is 434 g/mol. The van der Waals surface area contributed by atoms with E-state index in [1.807, 2.05) is 0 Å². The van der Waals surface area contributed by atoms with Crippen LogP contribution in [0.3, 0.4) is 0 Å². The molecular formula is C21H22O10. The summed E-state index contributed by atoms with van der Waals surface area (Å²) in [6.45, 7) is -1.37. The summed E-state index contributed by atoms with van der Waals surface area (Å²) in [7, 11) is 5.74. The lowest BCUT2D eigenvalue weighted by atomic mass is 10.0. The predicted octanol–water partition coefficient (Wildman–Crippen LogP) is 2.15. The third kappa shape index (κ3) is 3.90. The van der Waals surface area contributed by atoms with Gasteiger partial charge in [-0.05, 0) is 17.7 Å². The maximum Gasteiger partial charge on any atom is 0.207 e. The summed E-state index contributed by atoms with van der Waals surface area (Å²) in [5.41, 5.74) is 0.334. The van der Waals surface area contributed by atoms with Crippen molar-refractivity contribution in [3.05, 3.63) is 34.7 Å². The minimum absolute atomic E-state index is 0.0157. The third-order valence-corrected chi connectivity index (χ3v) is 4.55. The van der Waals surface area contributed by atoms with Crippen molar-refractivity contribution >= 4 is 11.0 Å². The number of methoxy groups -OCH3 is 4. The molecule has 0 saturated heterocycles. The van der Waals surface area contributed by atoms with Gasteiger partial charge in [0.1, 0.15) is 17.2 Å². The lowest BCUT2D eigenvalue weighted by molar-refractivity contribution is 0.0724. The molecule has 3 aromatic rings. The highest BCUT2D eigenvalue weighted by atomic mass is 16.6. The molecule has 0 bridgehead atoms. The standard InChI is InChI=1S/C21H22O10/c1-25-14-5-11(6-15(26-2)19(14)27-3)12-8-29-13-7-16(30-9-22)20(31-10-23)21(28-4)17(13)18(12)24/h5-8,22-23H,9-10H2,1-4H3. The summed E-state index contributed by atoms with van der Waals surface area (Å²) in [5, 5.41) is 18.4. The molecule has 0 radical (unpaired) electrons. The molecule has 3 rings (SSSR count). The molecule has 1 aromatic heterocycles. The van der Waals surface area contributed by atoms with Gasteiger partial charge in [-0.2, -0.15) is 0 Å². The zero-order valence-electron chi connectivity index (χ0n) is 17.4. The zero-order valence-corrected chi connectivity index (χ0v) is 17.4. The molecule has 2 aromatic carbocycles. The smallest absolute Gasteiger partial charge is 0.207 e. The first-order valence-corrected chi connectivity index (χ1v) is 8.98. The van der Waals surface area contributed by atoms with E-state index in [2.05, 4.69) is 0 Å². The van der Waals surface area contributed by atoms with Gasteiger partial charge in [0.05, 0.1) is 34.0 Å². The Hall–Kier alpha value is -3.63. The van der Waals surface area contributed by atoms with Crippen LogP contribution < -0.4 is 33.8 Å². The highest BCUT2D eigenvalue weighted by molar-refractivity contribution is 5.92. The van der Waals surface area contributed by atoms with Crippen LogP contribution in [0.15, 0.2) is 33.7 Å². The maximum atomic E-state index is 13.4. The van der Waals surface area contributed by atoms with Gasteiger partial charge in [-0.25, -0.2) is 0 Å². The van der Waals surface area contributed by atoms with Gasteiger partial charge in [-0.3, -0.25) is 4.79 Å². The number of hydrogen-bond donors (Lipinski definition) is 2. The van der Waals surface area contributed by atoms with Crippen molar-refractivity contribution in [1.82, 2.24) is 0 Å². The Balaban J connectivity index is 2.33. The van der Waals surface area contributed by atoms with Crippen LogP contribution in [0, 0.1) is 0 Å². The Morgan fingerprint density at radius 3 is 1.90 bits per heavy atom. The molecule has 31 heavy (non-hydrogen) atoms. The number of hydrogen-bond acceptors (Lipinski definition) is 10. The van der Waals surface area contributed by atoms with E-state index in [0.717, 1.165) is 0 Å². The summed E-state index contributed by atoms with van der Waals surface area (Å²) >= 11 is 0. The highest BCUT2D eigenvalue weighted by Crippen LogP contribution is 2.44. The normalized spacial score (nSPS) is 10.6. The van der Waals surface area contributed by atoms with Crippen LogP contribution in [0.1, 0.15) is 0 Å². The molecule has 0 aliphatic carbocycles. The van der Waals surface area contributed by atoms with E-state index in [0.29, 0.717) is 22.8 Å². The number of fused-ring (bicyclic) bond motifs is 1. The Morgan fingerprint density at radius 1 is 0.774 bits per heavy atom. The molecule has 0 aliphatic heterocycles. The molecule has 0 spiro atoms. The van der Waals surface area contributed by atoms with Crippen molar-refractivity contribution < 1.29 is 43.1 Å². The minimum atomic E-state index is -0.707. The first kappa shape index (κ1) is 22.1. The van der Waals surface area contributed by atoms with Gasteiger partial charge in [0, 0.05) is 6.07 Å². The fourth-order valence-electron chi connectivity index (χ4n) is 3.22. The van der Waals surface area contributed by atoms with Gasteiger partial charge in [0.2, 0.25) is 16.9 Å². The monoisotopic (exact) mass is 434 g/mol. The van der Waals surface area contributed by atoms with Crippen LogP contribution in [0.25, 0.3) is 22.1 Å². The second kappa shape index (κ2) is 9.45. The molecule has 0 amide bonds. The van der Waals surface area contributed by atoms with Crippen molar-refractivity contribution in [3.63, 3.8) is 0 Å². The molecule has 1 heterocycles. The SMILES string of the molecule is COc1cc(-c2coc3cc(OCO)c(OCO)c(OC)c3c2=O)cc(OC)c1OC. The molecular weight excluding hydrogens is 412 g/mol. The number of ether oxygens (including phenoxy) is 6. The van der Waals surface area contributed by atoms with E-state index >= 15 is 0 Å². The van der Waals surface area contributed by atoms with Gasteiger partial charge < -0.3 is 43.1 Å². The Labute approximate surface area is 177 Å². The van der Waals surface area contributed by atoms with Gasteiger partial charge in [0.15, 0.2) is 36.6 Å². The fraction of sp³-hybridized carbons (Fsp3) is 0.286. The summed E-state index contributed by atoms with van der Waals surface area (Å²) < 4.78 is 37.4. The van der Waals surface area contributed by atoms with Crippen LogP contribution in [-0.4, -0.2) is 52.2 Å². The van der Waals surface area contributed by atoms with E-state index in [4.69, 9.17) is 37.9 Å². The summed E-state index contributed by atoms with van der Waals surface area (Å²) in [5.74, 6) is 1.06. The van der Waals surface area contributed by atoms with Gasteiger partial charge in [-0.15, -0.1) is 0 Å². The zero-order chi connectivity index (χ0) is 22.5. The van der Waals surface area contributed by atoms with Crippen LogP contribution in [0.5, 0.6) is 34.5 Å². The number of rotatable bonds is 9.